The van der Waals surface area contributed by atoms with Gasteiger partial charge in [0.05, 0.1) is 12.3 Å². The van der Waals surface area contributed by atoms with E-state index in [2.05, 4.69) is 0 Å². The van der Waals surface area contributed by atoms with Crippen LogP contribution in [0, 0.1) is 13.8 Å². The zero-order valence-electron chi connectivity index (χ0n) is 11.7. The molecule has 0 unspecified atom stereocenters. The molecule has 3 N–H and O–H groups in total. The van der Waals surface area contributed by atoms with Gasteiger partial charge in [-0.05, 0) is 37.5 Å². The first kappa shape index (κ1) is 15.9. The van der Waals surface area contributed by atoms with Gasteiger partial charge >= 0.3 is 0 Å². The molecule has 0 saturated heterocycles. The minimum Gasteiger partial charge on any atom is -0.398 e. The Hall–Kier alpha value is -1.11. The number of rotatable bonds is 6. The van der Waals surface area contributed by atoms with Crippen LogP contribution in [0.4, 0.5) is 5.69 Å². The highest BCUT2D eigenvalue weighted by molar-refractivity contribution is 7.89. The summed E-state index contributed by atoms with van der Waals surface area (Å²) in [5, 5.41) is 9.03. The molecule has 0 aliphatic rings. The third kappa shape index (κ3) is 3.26. The SMILES string of the molecule is CCCN(CCO)S(=O)(=O)c1c(N)ccc(C)c1C. The lowest BCUT2D eigenvalue weighted by molar-refractivity contribution is 0.253. The third-order valence-corrected chi connectivity index (χ3v) is 5.23. The Morgan fingerprint density at radius 1 is 1.26 bits per heavy atom. The largest absolute Gasteiger partial charge is 0.398 e. The van der Waals surface area contributed by atoms with Gasteiger partial charge in [0.15, 0.2) is 0 Å². The van der Waals surface area contributed by atoms with Crippen LogP contribution in [0.25, 0.3) is 0 Å². The smallest absolute Gasteiger partial charge is 0.245 e. The fourth-order valence-corrected chi connectivity index (χ4v) is 3.91. The number of aliphatic hydroxyl groups is 1. The van der Waals surface area contributed by atoms with Gasteiger partial charge in [0.1, 0.15) is 4.90 Å². The molecule has 0 aromatic heterocycles. The molecule has 1 aromatic rings. The molecular formula is C13H22N2O3S. The van der Waals surface area contributed by atoms with Crippen LogP contribution < -0.4 is 5.73 Å². The summed E-state index contributed by atoms with van der Waals surface area (Å²) in [4.78, 5) is 0.161. The maximum atomic E-state index is 12.6. The molecule has 0 amide bonds. The van der Waals surface area contributed by atoms with E-state index in [-0.39, 0.29) is 23.7 Å². The standard InChI is InChI=1S/C13H22N2O3S/c1-4-7-15(8-9-16)19(17,18)13-11(3)10(2)5-6-12(13)14/h5-6,16H,4,7-9,14H2,1-3H3. The van der Waals surface area contributed by atoms with E-state index in [4.69, 9.17) is 10.8 Å². The van der Waals surface area contributed by atoms with Gasteiger partial charge in [-0.1, -0.05) is 13.0 Å². The summed E-state index contributed by atoms with van der Waals surface area (Å²) in [6.45, 7) is 5.75. The number of nitrogens with zero attached hydrogens (tertiary/aromatic N) is 1. The minimum atomic E-state index is -3.66. The number of hydrogen-bond donors (Lipinski definition) is 2. The van der Waals surface area contributed by atoms with Crippen LogP contribution >= 0.6 is 0 Å². The Kier molecular flexibility index (Phi) is 5.34. The van der Waals surface area contributed by atoms with Crippen LogP contribution in [0.15, 0.2) is 17.0 Å². The first-order valence-corrected chi connectivity index (χ1v) is 7.77. The summed E-state index contributed by atoms with van der Waals surface area (Å²) in [7, 11) is -3.66. The average molecular weight is 286 g/mol. The lowest BCUT2D eigenvalue weighted by Crippen LogP contribution is -2.35. The molecule has 19 heavy (non-hydrogen) atoms. The fraction of sp³-hybridized carbons (Fsp3) is 0.538. The molecular weight excluding hydrogens is 264 g/mol. The monoisotopic (exact) mass is 286 g/mol. The second-order valence-electron chi connectivity index (χ2n) is 4.55. The maximum absolute atomic E-state index is 12.6. The van der Waals surface area contributed by atoms with E-state index in [1.165, 1.54) is 4.31 Å². The maximum Gasteiger partial charge on any atom is 0.245 e. The molecule has 0 atom stereocenters. The van der Waals surface area contributed by atoms with Gasteiger partial charge in [-0.15, -0.1) is 0 Å². The highest BCUT2D eigenvalue weighted by atomic mass is 32.2. The second-order valence-corrected chi connectivity index (χ2v) is 6.43. The Morgan fingerprint density at radius 2 is 1.89 bits per heavy atom. The van der Waals surface area contributed by atoms with Crippen molar-refractivity contribution in [3.05, 3.63) is 23.3 Å². The van der Waals surface area contributed by atoms with Crippen molar-refractivity contribution in [3.8, 4) is 0 Å². The molecule has 0 aliphatic heterocycles. The average Bonchev–Trinajstić information content (AvgIpc) is 2.34. The van der Waals surface area contributed by atoms with E-state index in [0.717, 1.165) is 5.56 Å². The second kappa shape index (κ2) is 6.36. The number of anilines is 1. The first-order chi connectivity index (χ1) is 8.86. The lowest BCUT2D eigenvalue weighted by atomic mass is 10.1. The van der Waals surface area contributed by atoms with E-state index in [0.29, 0.717) is 18.5 Å². The minimum absolute atomic E-state index is 0.0863. The summed E-state index contributed by atoms with van der Waals surface area (Å²) >= 11 is 0. The Bertz CT molecular complexity index is 535. The zero-order chi connectivity index (χ0) is 14.6. The summed E-state index contributed by atoms with van der Waals surface area (Å²) in [6, 6.07) is 3.41. The van der Waals surface area contributed by atoms with E-state index < -0.39 is 10.0 Å². The topological polar surface area (TPSA) is 83.6 Å². The zero-order valence-corrected chi connectivity index (χ0v) is 12.5. The summed E-state index contributed by atoms with van der Waals surface area (Å²) in [5.74, 6) is 0. The van der Waals surface area contributed by atoms with Crippen molar-refractivity contribution in [2.75, 3.05) is 25.4 Å². The number of nitrogen functional groups attached to an aromatic ring is 1. The van der Waals surface area contributed by atoms with Crippen LogP contribution in [-0.2, 0) is 10.0 Å². The Balaban J connectivity index is 3.37. The molecule has 0 radical (unpaired) electrons. The fourth-order valence-electron chi connectivity index (χ4n) is 2.00. The van der Waals surface area contributed by atoms with Crippen molar-refractivity contribution in [1.82, 2.24) is 4.31 Å². The van der Waals surface area contributed by atoms with Crippen molar-refractivity contribution in [1.29, 1.82) is 0 Å². The van der Waals surface area contributed by atoms with E-state index in [1.54, 1.807) is 19.1 Å². The molecule has 0 heterocycles. The van der Waals surface area contributed by atoms with Gasteiger partial charge < -0.3 is 10.8 Å². The molecule has 0 aliphatic carbocycles. The van der Waals surface area contributed by atoms with E-state index in [9.17, 15) is 8.42 Å². The van der Waals surface area contributed by atoms with Gasteiger partial charge in [0, 0.05) is 13.1 Å². The summed E-state index contributed by atoms with van der Waals surface area (Å²) in [6.07, 6.45) is 0.685. The van der Waals surface area contributed by atoms with Gasteiger partial charge in [0.25, 0.3) is 0 Å². The Labute approximate surface area is 115 Å². The molecule has 1 rings (SSSR count). The quantitative estimate of drug-likeness (QED) is 0.772. The lowest BCUT2D eigenvalue weighted by Gasteiger charge is -2.23. The van der Waals surface area contributed by atoms with Crippen LogP contribution in [0.2, 0.25) is 0 Å². The highest BCUT2D eigenvalue weighted by Gasteiger charge is 2.27. The molecule has 5 nitrogen and oxygen atoms in total. The predicted molar refractivity (Wildman–Crippen MR) is 76.5 cm³/mol. The number of aliphatic hydroxyl groups excluding tert-OH is 1. The molecule has 1 aromatic carbocycles. The number of nitrogens with two attached hydrogens (primary N) is 1. The van der Waals surface area contributed by atoms with Crippen LogP contribution in [-0.4, -0.2) is 37.5 Å². The van der Waals surface area contributed by atoms with Crippen molar-refractivity contribution in [3.63, 3.8) is 0 Å². The van der Waals surface area contributed by atoms with Crippen molar-refractivity contribution >= 4 is 15.7 Å². The van der Waals surface area contributed by atoms with Crippen molar-refractivity contribution in [2.45, 2.75) is 32.1 Å². The number of sulfonamides is 1. The van der Waals surface area contributed by atoms with Gasteiger partial charge in [-0.25, -0.2) is 8.42 Å². The molecule has 0 saturated carbocycles. The van der Waals surface area contributed by atoms with Crippen LogP contribution in [0.3, 0.4) is 0 Å². The van der Waals surface area contributed by atoms with E-state index >= 15 is 0 Å². The highest BCUT2D eigenvalue weighted by Crippen LogP contribution is 2.28. The molecule has 108 valence electrons. The number of hydrogen-bond acceptors (Lipinski definition) is 4. The van der Waals surface area contributed by atoms with E-state index in [1.807, 2.05) is 13.8 Å². The van der Waals surface area contributed by atoms with Gasteiger partial charge in [-0.2, -0.15) is 4.31 Å². The van der Waals surface area contributed by atoms with Gasteiger partial charge in [0.2, 0.25) is 10.0 Å². The van der Waals surface area contributed by atoms with Gasteiger partial charge in [-0.3, -0.25) is 0 Å². The first-order valence-electron chi connectivity index (χ1n) is 6.33. The predicted octanol–water partition coefficient (Wildman–Crippen LogP) is 1.28. The Morgan fingerprint density at radius 3 is 2.42 bits per heavy atom. The van der Waals surface area contributed by atoms with Crippen LogP contribution in [0.5, 0.6) is 0 Å². The number of aryl methyl sites for hydroxylation is 1. The van der Waals surface area contributed by atoms with Crippen molar-refractivity contribution < 1.29 is 13.5 Å². The van der Waals surface area contributed by atoms with Crippen LogP contribution in [0.1, 0.15) is 24.5 Å². The molecule has 0 bridgehead atoms. The molecule has 0 fully saturated rings. The summed E-state index contributed by atoms with van der Waals surface area (Å²) < 4.78 is 26.6. The summed E-state index contributed by atoms with van der Waals surface area (Å²) in [5.41, 5.74) is 7.64. The van der Waals surface area contributed by atoms with Crippen molar-refractivity contribution in [2.24, 2.45) is 0 Å². The molecule has 0 spiro atoms. The number of benzene rings is 1. The normalized spacial score (nSPS) is 12.1. The third-order valence-electron chi connectivity index (χ3n) is 3.13. The molecule has 6 heteroatoms.